The second-order valence-corrected chi connectivity index (χ2v) is 6.59. The molecule has 0 saturated heterocycles. The van der Waals surface area contributed by atoms with Crippen molar-refractivity contribution in [2.75, 3.05) is 11.9 Å². The van der Waals surface area contributed by atoms with E-state index in [1.807, 2.05) is 13.8 Å². The van der Waals surface area contributed by atoms with Crippen LogP contribution >= 0.6 is 0 Å². The molecule has 1 heterocycles. The first-order valence-corrected chi connectivity index (χ1v) is 9.37. The van der Waals surface area contributed by atoms with Crippen LogP contribution in [-0.2, 0) is 9.53 Å². The fourth-order valence-electron chi connectivity index (χ4n) is 2.74. The molecule has 0 aliphatic carbocycles. The molecule has 28 heavy (non-hydrogen) atoms. The molecule has 10 heteroatoms. The zero-order chi connectivity index (χ0) is 21.3. The Bertz CT molecular complexity index is 663. The number of aliphatic hydroxyl groups is 2. The predicted molar refractivity (Wildman–Crippen MR) is 99.1 cm³/mol. The molecule has 0 bridgehead atoms. The number of aliphatic hydroxyl groups excluding tert-OH is 2. The summed E-state index contributed by atoms with van der Waals surface area (Å²) in [6.45, 7) is 4.50. The highest BCUT2D eigenvalue weighted by atomic mass is 19.3. The van der Waals surface area contributed by atoms with Crippen LogP contribution in [0.1, 0.15) is 52.7 Å². The molecule has 0 saturated carbocycles. The summed E-state index contributed by atoms with van der Waals surface area (Å²) >= 11 is 0. The highest BCUT2D eigenvalue weighted by Crippen LogP contribution is 2.20. The Kier molecular flexibility index (Phi) is 10.2. The number of halogens is 2. The van der Waals surface area contributed by atoms with E-state index in [4.69, 9.17) is 9.84 Å². The quantitative estimate of drug-likeness (QED) is 0.490. The number of hydrogen-bond acceptors (Lipinski definition) is 6. The van der Waals surface area contributed by atoms with Gasteiger partial charge in [-0.25, -0.2) is 13.6 Å². The molecule has 1 unspecified atom stereocenters. The van der Waals surface area contributed by atoms with Crippen LogP contribution in [0.15, 0.2) is 17.1 Å². The van der Waals surface area contributed by atoms with Gasteiger partial charge in [-0.1, -0.05) is 26.7 Å². The number of carbonyl (C=O) groups is 1. The lowest BCUT2D eigenvalue weighted by Gasteiger charge is -2.26. The van der Waals surface area contributed by atoms with Crippen LogP contribution in [0.2, 0.25) is 0 Å². The van der Waals surface area contributed by atoms with Gasteiger partial charge in [0.2, 0.25) is 5.91 Å². The van der Waals surface area contributed by atoms with Crippen molar-refractivity contribution in [3.63, 3.8) is 0 Å². The average Bonchev–Trinajstić information content (AvgIpc) is 2.62. The van der Waals surface area contributed by atoms with E-state index in [-0.39, 0.29) is 17.6 Å². The number of nitrogens with zero attached hydrogens (tertiary/aromatic N) is 2. The molecular formula is C18H29F2N3O5. The van der Waals surface area contributed by atoms with Gasteiger partial charge in [0.15, 0.2) is 6.23 Å². The molecule has 0 fully saturated rings. The largest absolute Gasteiger partial charge is 0.394 e. The monoisotopic (exact) mass is 405 g/mol. The van der Waals surface area contributed by atoms with Gasteiger partial charge < -0.3 is 20.3 Å². The SMILES string of the molecule is CCCC(CCC)C(=O)Nc1ccn([C@H](OC(CO)[C@H](C)O)C(F)F)c(=O)n1. The first kappa shape index (κ1) is 24.1. The number of carbonyl (C=O) groups excluding carboxylic acids is 1. The van der Waals surface area contributed by atoms with Crippen molar-refractivity contribution in [2.24, 2.45) is 5.92 Å². The van der Waals surface area contributed by atoms with E-state index in [2.05, 4.69) is 10.3 Å². The molecule has 3 N–H and O–H groups in total. The van der Waals surface area contributed by atoms with Gasteiger partial charge in [0.25, 0.3) is 6.43 Å². The summed E-state index contributed by atoms with van der Waals surface area (Å²) in [5.74, 6) is -0.525. The number of anilines is 1. The fourth-order valence-corrected chi connectivity index (χ4v) is 2.74. The number of nitrogens with one attached hydrogen (secondary N) is 1. The van der Waals surface area contributed by atoms with Crippen LogP contribution in [0.3, 0.4) is 0 Å². The van der Waals surface area contributed by atoms with Crippen LogP contribution < -0.4 is 11.0 Å². The Balaban J connectivity index is 3.00. The second kappa shape index (κ2) is 11.8. The molecule has 0 aliphatic rings. The van der Waals surface area contributed by atoms with Gasteiger partial charge in [-0.3, -0.25) is 9.36 Å². The summed E-state index contributed by atoms with van der Waals surface area (Å²) in [6, 6.07) is 1.23. The van der Waals surface area contributed by atoms with Crippen LogP contribution in [-0.4, -0.2) is 50.9 Å². The minimum Gasteiger partial charge on any atom is -0.394 e. The summed E-state index contributed by atoms with van der Waals surface area (Å²) in [5.41, 5.74) is -1.05. The first-order chi connectivity index (χ1) is 13.2. The highest BCUT2D eigenvalue weighted by Gasteiger charge is 2.30. The van der Waals surface area contributed by atoms with Crippen molar-refractivity contribution in [3.05, 3.63) is 22.7 Å². The van der Waals surface area contributed by atoms with E-state index in [0.717, 1.165) is 19.0 Å². The summed E-state index contributed by atoms with van der Waals surface area (Å²) in [4.78, 5) is 28.2. The third-order valence-corrected chi connectivity index (χ3v) is 4.25. The van der Waals surface area contributed by atoms with Crippen molar-refractivity contribution in [2.45, 2.75) is 71.3 Å². The van der Waals surface area contributed by atoms with Crippen LogP contribution in [0.25, 0.3) is 0 Å². The maximum Gasteiger partial charge on any atom is 0.351 e. The van der Waals surface area contributed by atoms with Crippen molar-refractivity contribution >= 4 is 11.7 Å². The Hall–Kier alpha value is -1.91. The summed E-state index contributed by atoms with van der Waals surface area (Å²) < 4.78 is 32.3. The molecule has 0 radical (unpaired) electrons. The van der Waals surface area contributed by atoms with Gasteiger partial charge in [-0.05, 0) is 25.8 Å². The highest BCUT2D eigenvalue weighted by molar-refractivity contribution is 5.91. The van der Waals surface area contributed by atoms with Crippen molar-refractivity contribution in [3.8, 4) is 0 Å². The normalized spacial score (nSPS) is 14.9. The van der Waals surface area contributed by atoms with E-state index < -0.39 is 37.2 Å². The Morgan fingerprint density at radius 1 is 1.32 bits per heavy atom. The van der Waals surface area contributed by atoms with Gasteiger partial charge in [-0.2, -0.15) is 4.98 Å². The van der Waals surface area contributed by atoms with E-state index in [1.165, 1.54) is 13.0 Å². The molecule has 1 amide bonds. The molecule has 0 aliphatic heterocycles. The number of ether oxygens (including phenoxy) is 1. The minimum absolute atomic E-state index is 0.0364. The molecule has 1 aromatic rings. The van der Waals surface area contributed by atoms with Crippen LogP contribution in [0.5, 0.6) is 0 Å². The van der Waals surface area contributed by atoms with Gasteiger partial charge in [-0.15, -0.1) is 0 Å². The molecule has 0 spiro atoms. The molecule has 160 valence electrons. The smallest absolute Gasteiger partial charge is 0.351 e. The third-order valence-electron chi connectivity index (χ3n) is 4.25. The first-order valence-electron chi connectivity index (χ1n) is 9.37. The molecule has 8 nitrogen and oxygen atoms in total. The Morgan fingerprint density at radius 3 is 2.36 bits per heavy atom. The van der Waals surface area contributed by atoms with Crippen LogP contribution in [0.4, 0.5) is 14.6 Å². The van der Waals surface area contributed by atoms with Gasteiger partial charge in [0.1, 0.15) is 11.9 Å². The average molecular weight is 405 g/mol. The topological polar surface area (TPSA) is 114 Å². The number of aromatic nitrogens is 2. The summed E-state index contributed by atoms with van der Waals surface area (Å²) in [6.07, 6.45) is -3.58. The second-order valence-electron chi connectivity index (χ2n) is 6.59. The van der Waals surface area contributed by atoms with Gasteiger partial charge >= 0.3 is 5.69 Å². The van der Waals surface area contributed by atoms with E-state index >= 15 is 0 Å². The molecule has 1 rings (SSSR count). The van der Waals surface area contributed by atoms with Gasteiger partial charge in [0, 0.05) is 12.1 Å². The van der Waals surface area contributed by atoms with Crippen LogP contribution in [0, 0.1) is 5.92 Å². The number of rotatable bonds is 12. The predicted octanol–water partition coefficient (Wildman–Crippen LogP) is 1.92. The van der Waals surface area contributed by atoms with E-state index in [9.17, 15) is 23.5 Å². The summed E-state index contributed by atoms with van der Waals surface area (Å²) in [7, 11) is 0. The molecule has 3 atom stereocenters. The number of alkyl halides is 2. The molecule has 0 aromatic carbocycles. The zero-order valence-corrected chi connectivity index (χ0v) is 16.3. The lowest BCUT2D eigenvalue weighted by Crippen LogP contribution is -2.39. The molecular weight excluding hydrogens is 376 g/mol. The number of hydrogen-bond donors (Lipinski definition) is 3. The van der Waals surface area contributed by atoms with E-state index in [1.54, 1.807) is 0 Å². The third kappa shape index (κ3) is 6.92. The minimum atomic E-state index is -3.11. The standard InChI is InChI=1S/C18H29F2N3O5/c1-4-6-12(7-5-2)16(26)21-14-8-9-23(18(27)22-14)17(15(19)20)28-13(10-24)11(3)25/h8-9,11-13,15,17,24-25H,4-7,10H2,1-3H3,(H,21,22,26,27)/t11-,13?,17+/m0/s1. The van der Waals surface area contributed by atoms with Crippen molar-refractivity contribution in [1.82, 2.24) is 9.55 Å². The van der Waals surface area contributed by atoms with Gasteiger partial charge in [0.05, 0.1) is 12.7 Å². The van der Waals surface area contributed by atoms with Crippen molar-refractivity contribution < 1.29 is 28.5 Å². The zero-order valence-electron chi connectivity index (χ0n) is 16.3. The summed E-state index contributed by atoms with van der Waals surface area (Å²) in [5, 5.41) is 21.2. The molecule has 1 aromatic heterocycles. The lowest BCUT2D eigenvalue weighted by atomic mass is 9.97. The maximum absolute atomic E-state index is 13.4. The number of amides is 1. The Morgan fingerprint density at radius 2 is 1.93 bits per heavy atom. The Labute approximate surface area is 162 Å². The lowest BCUT2D eigenvalue weighted by molar-refractivity contribution is -0.168. The fraction of sp³-hybridized carbons (Fsp3) is 0.722. The van der Waals surface area contributed by atoms with Crippen molar-refractivity contribution in [1.29, 1.82) is 0 Å². The maximum atomic E-state index is 13.4. The van der Waals surface area contributed by atoms with E-state index in [0.29, 0.717) is 17.4 Å².